The Bertz CT molecular complexity index is 486. The molecule has 0 spiro atoms. The lowest BCUT2D eigenvalue weighted by atomic mass is 10.0. The van der Waals surface area contributed by atoms with Gasteiger partial charge in [-0.05, 0) is 23.8 Å². The Morgan fingerprint density at radius 1 is 0.938 bits per heavy atom. The van der Waals surface area contributed by atoms with Crippen molar-refractivity contribution in [3.8, 4) is 11.1 Å². The van der Waals surface area contributed by atoms with Gasteiger partial charge in [0, 0.05) is 29.1 Å². The van der Waals surface area contributed by atoms with Gasteiger partial charge in [-0.25, -0.2) is 4.39 Å². The summed E-state index contributed by atoms with van der Waals surface area (Å²) in [7, 11) is 0. The first-order chi connectivity index (χ1) is 7.68. The van der Waals surface area contributed by atoms with E-state index in [2.05, 4.69) is 0 Å². The zero-order chi connectivity index (χ0) is 11.5. The smallest absolute Gasteiger partial charge is 0.123 e. The Hall–Kier alpha value is -1.25. The molecule has 4 heteroatoms. The molecule has 0 aliphatic rings. The summed E-state index contributed by atoms with van der Waals surface area (Å²) in [6.07, 6.45) is 0. The molecule has 0 saturated heterocycles. The Morgan fingerprint density at radius 2 is 1.62 bits per heavy atom. The van der Waals surface area contributed by atoms with Gasteiger partial charge in [0.25, 0.3) is 0 Å². The summed E-state index contributed by atoms with van der Waals surface area (Å²) >= 11 is 11.4. The van der Waals surface area contributed by atoms with Gasteiger partial charge in [0.15, 0.2) is 0 Å². The van der Waals surface area contributed by atoms with Crippen LogP contribution in [-0.4, -0.2) is 0 Å². The van der Waals surface area contributed by atoms with Gasteiger partial charge in [-0.15, -0.1) is 0 Å². The molecule has 0 aliphatic heterocycles. The van der Waals surface area contributed by atoms with E-state index >= 15 is 0 Å². The largest absolute Gasteiger partial charge is 0.207 e. The zero-order valence-electron chi connectivity index (χ0n) is 8.20. The van der Waals surface area contributed by atoms with Crippen LogP contribution in [0.3, 0.4) is 0 Å². The highest BCUT2D eigenvalue weighted by Crippen LogP contribution is 2.33. The topological polar surface area (TPSA) is 3.24 Å². The zero-order valence-corrected chi connectivity index (χ0v) is 9.71. The van der Waals surface area contributed by atoms with Gasteiger partial charge in [-0.1, -0.05) is 30.3 Å². The maximum atomic E-state index is 13.2. The van der Waals surface area contributed by atoms with Crippen LogP contribution in [0.15, 0.2) is 48.5 Å². The van der Waals surface area contributed by atoms with E-state index in [9.17, 15) is 4.39 Å². The Morgan fingerprint density at radius 3 is 2.25 bits per heavy atom. The number of nitrogens with zero attached hydrogens (tertiary/aromatic N) is 1. The molecule has 0 amide bonds. The maximum Gasteiger partial charge on any atom is 0.123 e. The molecular weight excluding hydrogens is 248 g/mol. The van der Waals surface area contributed by atoms with E-state index in [1.165, 1.54) is 18.2 Å². The van der Waals surface area contributed by atoms with Crippen molar-refractivity contribution in [1.82, 2.24) is 0 Å². The molecule has 0 bridgehead atoms. The molecule has 2 aromatic carbocycles. The Balaban J connectivity index is 2.58. The van der Waals surface area contributed by atoms with E-state index < -0.39 is 0 Å². The number of hydrogen-bond acceptors (Lipinski definition) is 1. The second kappa shape index (κ2) is 4.73. The van der Waals surface area contributed by atoms with E-state index in [0.29, 0.717) is 11.3 Å². The van der Waals surface area contributed by atoms with E-state index in [1.807, 2.05) is 30.3 Å². The molecule has 0 heterocycles. The SMILES string of the molecule is Fc1ccc(N(Cl)Cl)c(-c2ccccc2)c1. The fourth-order valence-electron chi connectivity index (χ4n) is 1.50. The maximum absolute atomic E-state index is 13.2. The van der Waals surface area contributed by atoms with Crippen molar-refractivity contribution in [2.45, 2.75) is 0 Å². The highest BCUT2D eigenvalue weighted by molar-refractivity contribution is 6.49. The predicted molar refractivity (Wildman–Crippen MR) is 66.0 cm³/mol. The first-order valence-electron chi connectivity index (χ1n) is 4.65. The molecule has 0 aromatic heterocycles. The van der Waals surface area contributed by atoms with Crippen molar-refractivity contribution in [2.24, 2.45) is 0 Å². The van der Waals surface area contributed by atoms with Gasteiger partial charge in [-0.2, -0.15) is 3.94 Å². The fourth-order valence-corrected chi connectivity index (χ4v) is 1.80. The lowest BCUT2D eigenvalue weighted by Gasteiger charge is -2.12. The lowest BCUT2D eigenvalue weighted by Crippen LogP contribution is -1.95. The average molecular weight is 256 g/mol. The summed E-state index contributed by atoms with van der Waals surface area (Å²) in [4.78, 5) is 0. The van der Waals surface area contributed by atoms with Crippen LogP contribution < -0.4 is 3.94 Å². The Labute approximate surface area is 103 Å². The first kappa shape index (κ1) is 11.2. The standard InChI is InChI=1S/C12H8Cl2FN/c13-16(14)12-7-6-10(15)8-11(12)9-4-2-1-3-5-9/h1-8H. The van der Waals surface area contributed by atoms with Crippen LogP contribution >= 0.6 is 23.6 Å². The van der Waals surface area contributed by atoms with Crippen molar-refractivity contribution < 1.29 is 4.39 Å². The van der Waals surface area contributed by atoms with Gasteiger partial charge < -0.3 is 0 Å². The molecule has 0 aliphatic carbocycles. The van der Waals surface area contributed by atoms with E-state index in [0.717, 1.165) is 9.50 Å². The third-order valence-corrected chi connectivity index (χ3v) is 2.59. The minimum Gasteiger partial charge on any atom is -0.207 e. The molecule has 2 aromatic rings. The van der Waals surface area contributed by atoms with Crippen LogP contribution in [-0.2, 0) is 0 Å². The molecule has 0 unspecified atom stereocenters. The molecule has 0 saturated carbocycles. The third kappa shape index (κ3) is 2.29. The minimum absolute atomic E-state index is 0.321. The van der Waals surface area contributed by atoms with E-state index in [1.54, 1.807) is 0 Å². The van der Waals surface area contributed by atoms with Gasteiger partial charge in [0.2, 0.25) is 0 Å². The van der Waals surface area contributed by atoms with Crippen LogP contribution in [0.25, 0.3) is 11.1 Å². The average Bonchev–Trinajstić information content (AvgIpc) is 2.29. The van der Waals surface area contributed by atoms with E-state index in [4.69, 9.17) is 23.6 Å². The fraction of sp³-hybridized carbons (Fsp3) is 0. The predicted octanol–water partition coefficient (Wildman–Crippen LogP) is 4.61. The minimum atomic E-state index is -0.321. The van der Waals surface area contributed by atoms with Crippen molar-refractivity contribution in [2.75, 3.05) is 3.94 Å². The second-order valence-electron chi connectivity index (χ2n) is 3.26. The molecule has 16 heavy (non-hydrogen) atoms. The summed E-state index contributed by atoms with van der Waals surface area (Å²) in [6, 6.07) is 13.6. The number of halogens is 3. The van der Waals surface area contributed by atoms with Crippen molar-refractivity contribution >= 4 is 29.2 Å². The molecule has 82 valence electrons. The molecule has 2 rings (SSSR count). The molecule has 0 radical (unpaired) electrons. The second-order valence-corrected chi connectivity index (χ2v) is 4.11. The summed E-state index contributed by atoms with van der Waals surface area (Å²) in [5.74, 6) is -0.321. The van der Waals surface area contributed by atoms with Crippen LogP contribution in [0.1, 0.15) is 0 Å². The van der Waals surface area contributed by atoms with Crippen LogP contribution in [0.4, 0.5) is 10.1 Å². The summed E-state index contributed by atoms with van der Waals surface area (Å²) in [5, 5.41) is 0. The van der Waals surface area contributed by atoms with E-state index in [-0.39, 0.29) is 5.82 Å². The molecular formula is C12H8Cl2FN. The normalized spacial score (nSPS) is 10.2. The number of rotatable bonds is 2. The highest BCUT2D eigenvalue weighted by atomic mass is 35.5. The molecule has 0 fully saturated rings. The Kier molecular flexibility index (Phi) is 3.32. The molecule has 0 atom stereocenters. The van der Waals surface area contributed by atoms with Crippen molar-refractivity contribution in [1.29, 1.82) is 0 Å². The number of hydrogen-bond donors (Lipinski definition) is 0. The van der Waals surface area contributed by atoms with Gasteiger partial charge in [0.05, 0.1) is 5.69 Å². The number of anilines is 1. The quantitative estimate of drug-likeness (QED) is 0.709. The first-order valence-corrected chi connectivity index (χ1v) is 5.33. The summed E-state index contributed by atoms with van der Waals surface area (Å²) < 4.78 is 14.1. The number of benzene rings is 2. The van der Waals surface area contributed by atoms with Crippen molar-refractivity contribution in [3.05, 3.63) is 54.3 Å². The molecule has 1 nitrogen and oxygen atoms in total. The van der Waals surface area contributed by atoms with Crippen LogP contribution in [0, 0.1) is 5.82 Å². The van der Waals surface area contributed by atoms with Crippen molar-refractivity contribution in [3.63, 3.8) is 0 Å². The van der Waals surface area contributed by atoms with Gasteiger partial charge in [0.1, 0.15) is 5.82 Å². The van der Waals surface area contributed by atoms with Gasteiger partial charge >= 0.3 is 0 Å². The summed E-state index contributed by atoms with van der Waals surface area (Å²) in [5.41, 5.74) is 2.07. The highest BCUT2D eigenvalue weighted by Gasteiger charge is 2.10. The van der Waals surface area contributed by atoms with Gasteiger partial charge in [-0.3, -0.25) is 0 Å². The third-order valence-electron chi connectivity index (χ3n) is 2.23. The van der Waals surface area contributed by atoms with Crippen LogP contribution in [0.2, 0.25) is 0 Å². The monoisotopic (exact) mass is 255 g/mol. The van der Waals surface area contributed by atoms with Crippen LogP contribution in [0.5, 0.6) is 0 Å². The molecule has 0 N–H and O–H groups in total. The lowest BCUT2D eigenvalue weighted by molar-refractivity contribution is 0.628. The summed E-state index contributed by atoms with van der Waals surface area (Å²) in [6.45, 7) is 0.